The molecule has 0 aliphatic carbocycles. The molecule has 0 amide bonds. The van der Waals surface area contributed by atoms with Crippen LogP contribution in [0.2, 0.25) is 5.02 Å². The summed E-state index contributed by atoms with van der Waals surface area (Å²) in [6.07, 6.45) is 0.959. The summed E-state index contributed by atoms with van der Waals surface area (Å²) in [5.41, 5.74) is 1.08. The van der Waals surface area contributed by atoms with E-state index in [0.29, 0.717) is 11.7 Å². The van der Waals surface area contributed by atoms with Crippen LogP contribution in [-0.2, 0) is 12.2 Å². The van der Waals surface area contributed by atoms with Gasteiger partial charge in [0.25, 0.3) is 0 Å². The van der Waals surface area contributed by atoms with Crippen LogP contribution in [-0.4, -0.2) is 17.0 Å². The maximum absolute atomic E-state index is 6.18. The highest BCUT2D eigenvalue weighted by Gasteiger charge is 2.08. The first-order valence-corrected chi connectivity index (χ1v) is 8.36. The lowest BCUT2D eigenvalue weighted by Gasteiger charge is -2.10. The Labute approximate surface area is 135 Å². The van der Waals surface area contributed by atoms with Gasteiger partial charge in [-0.1, -0.05) is 37.6 Å². The lowest BCUT2D eigenvalue weighted by molar-refractivity contribution is 0.632. The Morgan fingerprint density at radius 3 is 2.67 bits per heavy atom. The van der Waals surface area contributed by atoms with Crippen LogP contribution in [0.1, 0.15) is 25.4 Å². The molecular weight excluding hydrogens is 302 g/mol. The third-order valence-corrected chi connectivity index (χ3v) is 4.40. The Morgan fingerprint density at radius 2 is 2.00 bits per heavy atom. The average Bonchev–Trinajstić information content (AvgIpc) is 2.45. The Bertz CT molecular complexity index is 602. The molecule has 1 heterocycles. The predicted octanol–water partition coefficient (Wildman–Crippen LogP) is 4.66. The van der Waals surface area contributed by atoms with E-state index >= 15 is 0 Å². The minimum atomic E-state index is 0.577. The van der Waals surface area contributed by atoms with Crippen LogP contribution < -0.4 is 5.32 Å². The number of nitrogens with one attached hydrogen (secondary N) is 1. The number of nitrogens with zero attached hydrogens (tertiary/aromatic N) is 2. The summed E-state index contributed by atoms with van der Waals surface area (Å²) in [4.78, 5) is 10.2. The fourth-order valence-electron chi connectivity index (χ4n) is 1.97. The Morgan fingerprint density at radius 1 is 1.24 bits per heavy atom. The summed E-state index contributed by atoms with van der Waals surface area (Å²) < 4.78 is 0. The van der Waals surface area contributed by atoms with Gasteiger partial charge in [0.2, 0.25) is 0 Å². The normalized spacial score (nSPS) is 10.9. The zero-order chi connectivity index (χ0) is 15.2. The van der Waals surface area contributed by atoms with E-state index in [1.807, 2.05) is 37.4 Å². The van der Waals surface area contributed by atoms with Crippen molar-refractivity contribution in [3.8, 4) is 0 Å². The second-order valence-corrected chi connectivity index (χ2v) is 6.65. The van der Waals surface area contributed by atoms with E-state index in [9.17, 15) is 0 Å². The highest BCUT2D eigenvalue weighted by atomic mass is 35.5. The molecule has 5 heteroatoms. The molecule has 0 saturated heterocycles. The van der Waals surface area contributed by atoms with Crippen LogP contribution in [0.4, 0.5) is 5.82 Å². The molecule has 0 saturated carbocycles. The summed E-state index contributed by atoms with van der Waals surface area (Å²) in [5.74, 6) is 3.00. The molecule has 0 aliphatic heterocycles. The number of anilines is 1. The maximum Gasteiger partial charge on any atom is 0.141 e. The number of halogens is 1. The zero-order valence-corrected chi connectivity index (χ0v) is 14.1. The summed E-state index contributed by atoms with van der Waals surface area (Å²) in [6, 6.07) is 9.86. The van der Waals surface area contributed by atoms with Crippen molar-refractivity contribution in [2.45, 2.75) is 30.9 Å². The molecule has 1 aromatic carbocycles. The lowest BCUT2D eigenvalue weighted by atomic mass is 10.1. The zero-order valence-electron chi connectivity index (χ0n) is 12.6. The summed E-state index contributed by atoms with van der Waals surface area (Å²) >= 11 is 7.84. The molecule has 112 valence electrons. The van der Waals surface area contributed by atoms with E-state index in [1.165, 1.54) is 0 Å². The topological polar surface area (TPSA) is 37.8 Å². The average molecular weight is 322 g/mol. The summed E-state index contributed by atoms with van der Waals surface area (Å²) in [7, 11) is 1.88. The molecule has 0 unspecified atom stereocenters. The van der Waals surface area contributed by atoms with Crippen molar-refractivity contribution in [2.24, 2.45) is 5.92 Å². The molecule has 0 spiro atoms. The van der Waals surface area contributed by atoms with Gasteiger partial charge in [-0.05, 0) is 24.5 Å². The molecule has 3 nitrogen and oxygen atoms in total. The number of hydrogen-bond acceptors (Lipinski definition) is 4. The van der Waals surface area contributed by atoms with E-state index in [-0.39, 0.29) is 0 Å². The number of hydrogen-bond donors (Lipinski definition) is 1. The molecule has 1 N–H and O–H groups in total. The van der Waals surface area contributed by atoms with Gasteiger partial charge in [-0.3, -0.25) is 0 Å². The van der Waals surface area contributed by atoms with Crippen LogP contribution in [0.5, 0.6) is 0 Å². The number of thioether (sulfide) groups is 1. The first kappa shape index (κ1) is 16.1. The van der Waals surface area contributed by atoms with Crippen LogP contribution in [0.25, 0.3) is 0 Å². The Balaban J connectivity index is 2.13. The van der Waals surface area contributed by atoms with Gasteiger partial charge in [-0.15, -0.1) is 11.8 Å². The Hall–Kier alpha value is -1.26. The largest absolute Gasteiger partial charge is 0.373 e. The van der Waals surface area contributed by atoms with Gasteiger partial charge in [0, 0.05) is 23.7 Å². The minimum absolute atomic E-state index is 0.577. The Kier molecular flexibility index (Phi) is 5.88. The van der Waals surface area contributed by atoms with Crippen molar-refractivity contribution in [1.82, 2.24) is 9.97 Å². The van der Waals surface area contributed by atoms with Gasteiger partial charge < -0.3 is 5.32 Å². The first-order valence-electron chi connectivity index (χ1n) is 7.00. The van der Waals surface area contributed by atoms with Crippen molar-refractivity contribution in [2.75, 3.05) is 12.4 Å². The monoisotopic (exact) mass is 321 g/mol. The van der Waals surface area contributed by atoms with Crippen LogP contribution in [0.15, 0.2) is 35.2 Å². The molecule has 0 aliphatic rings. The predicted molar refractivity (Wildman–Crippen MR) is 91.1 cm³/mol. The second kappa shape index (κ2) is 7.66. The number of rotatable bonds is 6. The van der Waals surface area contributed by atoms with E-state index in [4.69, 9.17) is 11.6 Å². The van der Waals surface area contributed by atoms with Crippen molar-refractivity contribution < 1.29 is 0 Å². The van der Waals surface area contributed by atoms with Crippen molar-refractivity contribution in [1.29, 1.82) is 0 Å². The van der Waals surface area contributed by atoms with E-state index < -0.39 is 0 Å². The van der Waals surface area contributed by atoms with E-state index in [0.717, 1.165) is 33.7 Å². The first-order chi connectivity index (χ1) is 10.1. The van der Waals surface area contributed by atoms with Crippen LogP contribution in [0.3, 0.4) is 0 Å². The molecule has 1 aromatic heterocycles. The number of aromatic nitrogens is 2. The van der Waals surface area contributed by atoms with Crippen molar-refractivity contribution in [3.05, 3.63) is 46.9 Å². The van der Waals surface area contributed by atoms with Gasteiger partial charge in [-0.25, -0.2) is 9.97 Å². The molecule has 2 aromatic rings. The molecule has 2 rings (SSSR count). The minimum Gasteiger partial charge on any atom is -0.373 e. The SMILES string of the molecule is CNc1cc(CC(C)C)nc(CSc2ccccc2Cl)n1. The quantitative estimate of drug-likeness (QED) is 0.785. The van der Waals surface area contributed by atoms with Gasteiger partial charge >= 0.3 is 0 Å². The standard InChI is InChI=1S/C16H20ClN3S/c1-11(2)8-12-9-15(18-3)20-16(19-12)10-21-14-7-5-4-6-13(14)17/h4-7,9,11H,8,10H2,1-3H3,(H,18,19,20). The third-order valence-electron chi connectivity index (χ3n) is 2.89. The van der Waals surface area contributed by atoms with Gasteiger partial charge in [0.1, 0.15) is 11.6 Å². The van der Waals surface area contributed by atoms with Crippen LogP contribution >= 0.6 is 23.4 Å². The van der Waals surface area contributed by atoms with Crippen LogP contribution in [0, 0.1) is 5.92 Å². The maximum atomic E-state index is 6.18. The molecule has 0 atom stereocenters. The molecule has 0 bridgehead atoms. The second-order valence-electron chi connectivity index (χ2n) is 5.23. The molecule has 21 heavy (non-hydrogen) atoms. The summed E-state index contributed by atoms with van der Waals surface area (Å²) in [5, 5.41) is 3.88. The van der Waals surface area contributed by atoms with Gasteiger partial charge in [-0.2, -0.15) is 0 Å². The molecule has 0 radical (unpaired) electrons. The van der Waals surface area contributed by atoms with Gasteiger partial charge in [0.15, 0.2) is 0 Å². The van der Waals surface area contributed by atoms with Crippen molar-refractivity contribution >= 4 is 29.2 Å². The van der Waals surface area contributed by atoms with Crippen molar-refractivity contribution in [3.63, 3.8) is 0 Å². The highest BCUT2D eigenvalue weighted by molar-refractivity contribution is 7.98. The fraction of sp³-hybridized carbons (Fsp3) is 0.375. The summed E-state index contributed by atoms with van der Waals surface area (Å²) in [6.45, 7) is 4.39. The smallest absolute Gasteiger partial charge is 0.141 e. The van der Waals surface area contributed by atoms with E-state index in [2.05, 4.69) is 29.1 Å². The number of benzene rings is 1. The molecular formula is C16H20ClN3S. The third kappa shape index (κ3) is 4.90. The highest BCUT2D eigenvalue weighted by Crippen LogP contribution is 2.28. The van der Waals surface area contributed by atoms with Gasteiger partial charge in [0.05, 0.1) is 10.8 Å². The fourth-order valence-corrected chi connectivity index (χ4v) is 3.07. The molecule has 0 fully saturated rings. The van der Waals surface area contributed by atoms with E-state index in [1.54, 1.807) is 11.8 Å². The lowest BCUT2D eigenvalue weighted by Crippen LogP contribution is -2.05.